The highest BCUT2D eigenvalue weighted by molar-refractivity contribution is 8.00. The zero-order valence-corrected chi connectivity index (χ0v) is 22.9. The molecule has 0 fully saturated rings. The summed E-state index contributed by atoms with van der Waals surface area (Å²) in [4.78, 5) is 9.39. The highest BCUT2D eigenvalue weighted by Gasteiger charge is 2.31. The van der Waals surface area contributed by atoms with E-state index in [1.165, 1.54) is 42.9 Å². The van der Waals surface area contributed by atoms with Crippen molar-refractivity contribution in [2.45, 2.75) is 42.1 Å². The average molecular weight is 596 g/mol. The number of pyridine rings is 2. The second-order valence-electron chi connectivity index (χ2n) is 8.65. The van der Waals surface area contributed by atoms with Gasteiger partial charge < -0.3 is 19.7 Å². The van der Waals surface area contributed by atoms with Crippen molar-refractivity contribution in [3.63, 3.8) is 0 Å². The van der Waals surface area contributed by atoms with E-state index in [2.05, 4.69) is 20.3 Å². The fraction of sp³-hybridized carbons (Fsp3) is 0.308. The largest absolute Gasteiger partial charge is 0.394 e. The predicted molar refractivity (Wildman–Crippen MR) is 142 cm³/mol. The molecule has 3 aromatic heterocycles. The van der Waals surface area contributed by atoms with Gasteiger partial charge in [-0.15, -0.1) is 5.10 Å². The molecular weight excluding hydrogens is 571 g/mol. The van der Waals surface area contributed by atoms with Crippen molar-refractivity contribution in [1.82, 2.24) is 25.0 Å². The Kier molecular flexibility index (Phi) is 10.1. The summed E-state index contributed by atoms with van der Waals surface area (Å²) in [6.07, 6.45) is 1.80. The number of methoxy groups -OCH3 is 1. The van der Waals surface area contributed by atoms with E-state index in [1.807, 2.05) is 6.07 Å². The van der Waals surface area contributed by atoms with Crippen molar-refractivity contribution in [2.75, 3.05) is 13.7 Å². The predicted octanol–water partition coefficient (Wildman–Crippen LogP) is 4.36. The molecule has 2 unspecified atom stereocenters. The van der Waals surface area contributed by atoms with Crippen LogP contribution in [0.1, 0.15) is 6.92 Å². The van der Waals surface area contributed by atoms with Crippen molar-refractivity contribution in [2.24, 2.45) is 0 Å². The summed E-state index contributed by atoms with van der Waals surface area (Å²) >= 11 is 7.45. The molecule has 0 radical (unpaired) electrons. The minimum atomic E-state index is -1.58. The number of hydrogen-bond acceptors (Lipinski definition) is 9. The van der Waals surface area contributed by atoms with Crippen LogP contribution in [0.15, 0.2) is 59.9 Å². The third kappa shape index (κ3) is 7.16. The first-order chi connectivity index (χ1) is 19.2. The molecule has 0 spiro atoms. The van der Waals surface area contributed by atoms with Crippen molar-refractivity contribution in [3.05, 3.63) is 77.5 Å². The van der Waals surface area contributed by atoms with Gasteiger partial charge in [-0.3, -0.25) is 9.97 Å². The van der Waals surface area contributed by atoms with Gasteiger partial charge in [0.15, 0.2) is 17.5 Å². The number of aromatic nitrogens is 5. The molecule has 1 aromatic carbocycles. The molecule has 9 nitrogen and oxygen atoms in total. The van der Waals surface area contributed by atoms with Gasteiger partial charge in [0.2, 0.25) is 0 Å². The van der Waals surface area contributed by atoms with Crippen molar-refractivity contribution in [1.29, 1.82) is 0 Å². The van der Waals surface area contributed by atoms with E-state index >= 15 is 0 Å². The number of nitrogens with zero attached hydrogens (tertiary/aromatic N) is 5. The minimum absolute atomic E-state index is 0.00162. The normalized spacial score (nSPS) is 14.6. The fourth-order valence-electron chi connectivity index (χ4n) is 3.68. The Hall–Kier alpha value is -3.07. The molecule has 0 aliphatic carbocycles. The van der Waals surface area contributed by atoms with E-state index in [1.54, 1.807) is 24.4 Å². The van der Waals surface area contributed by atoms with Crippen LogP contribution in [0.4, 0.5) is 13.2 Å². The van der Waals surface area contributed by atoms with Gasteiger partial charge in [0.1, 0.15) is 29.0 Å². The van der Waals surface area contributed by atoms with Gasteiger partial charge in [-0.05, 0) is 37.3 Å². The molecule has 2 N–H and O–H groups in total. The van der Waals surface area contributed by atoms with Crippen LogP contribution < -0.4 is 0 Å². The lowest BCUT2D eigenvalue weighted by Gasteiger charge is -2.30. The van der Waals surface area contributed by atoms with E-state index in [4.69, 9.17) is 21.1 Å². The molecular formula is C26H25ClF3N5O4S. The molecule has 0 saturated heterocycles. The van der Waals surface area contributed by atoms with Gasteiger partial charge in [0.05, 0.1) is 36.2 Å². The second kappa shape index (κ2) is 13.5. The van der Waals surface area contributed by atoms with Crippen LogP contribution in [0.5, 0.6) is 0 Å². The Bertz CT molecular complexity index is 1410. The molecule has 212 valence electrons. The Morgan fingerprint density at radius 2 is 1.82 bits per heavy atom. The van der Waals surface area contributed by atoms with Crippen molar-refractivity contribution < 1.29 is 32.9 Å². The zero-order chi connectivity index (χ0) is 28.8. The minimum Gasteiger partial charge on any atom is -0.394 e. The van der Waals surface area contributed by atoms with E-state index in [0.717, 1.165) is 12.1 Å². The van der Waals surface area contributed by atoms with Crippen LogP contribution in [0.3, 0.4) is 0 Å². The summed E-state index contributed by atoms with van der Waals surface area (Å²) < 4.78 is 54.1. The SMILES string of the molecule is CO[C@@H](Cn1cc(-c2cc(F)c(F)c(F)c2)nn1)C(OC(CO)[C@@H](C)O)Sc1cc(Cl)cnc1-c1ccccn1. The molecule has 40 heavy (non-hydrogen) atoms. The van der Waals surface area contributed by atoms with Crippen LogP contribution in [0, 0.1) is 17.5 Å². The van der Waals surface area contributed by atoms with Gasteiger partial charge in [-0.1, -0.05) is 34.6 Å². The molecule has 0 saturated carbocycles. The smallest absolute Gasteiger partial charge is 0.194 e. The Morgan fingerprint density at radius 1 is 1.07 bits per heavy atom. The molecule has 0 bridgehead atoms. The number of rotatable bonds is 12. The number of aliphatic hydroxyl groups is 2. The molecule has 0 aliphatic rings. The number of benzene rings is 1. The van der Waals surface area contributed by atoms with Crippen LogP contribution in [0.25, 0.3) is 22.6 Å². The summed E-state index contributed by atoms with van der Waals surface area (Å²) in [6.45, 7) is 1.05. The third-order valence-corrected chi connectivity index (χ3v) is 7.21. The molecule has 0 aliphatic heterocycles. The maximum Gasteiger partial charge on any atom is 0.194 e. The van der Waals surface area contributed by atoms with Gasteiger partial charge in [-0.2, -0.15) is 0 Å². The average Bonchev–Trinajstić information content (AvgIpc) is 3.41. The van der Waals surface area contributed by atoms with Crippen molar-refractivity contribution in [3.8, 4) is 22.6 Å². The van der Waals surface area contributed by atoms with E-state index in [9.17, 15) is 23.4 Å². The maximum absolute atomic E-state index is 13.7. The second-order valence-corrected chi connectivity index (χ2v) is 10.2. The fourth-order valence-corrected chi connectivity index (χ4v) is 5.17. The summed E-state index contributed by atoms with van der Waals surface area (Å²) in [5.41, 5.74) is 0.361. The van der Waals surface area contributed by atoms with E-state index in [-0.39, 0.29) is 17.8 Å². The molecule has 0 amide bonds. The molecule has 14 heteroatoms. The lowest BCUT2D eigenvalue weighted by molar-refractivity contribution is -0.105. The lowest BCUT2D eigenvalue weighted by Crippen LogP contribution is -2.40. The summed E-state index contributed by atoms with van der Waals surface area (Å²) in [6, 6.07) is 8.70. The highest BCUT2D eigenvalue weighted by Crippen LogP contribution is 2.36. The van der Waals surface area contributed by atoms with Gasteiger partial charge in [0.25, 0.3) is 0 Å². The zero-order valence-electron chi connectivity index (χ0n) is 21.3. The topological polar surface area (TPSA) is 115 Å². The third-order valence-electron chi connectivity index (χ3n) is 5.79. The van der Waals surface area contributed by atoms with Crippen molar-refractivity contribution >= 4 is 23.4 Å². The first-order valence-corrected chi connectivity index (χ1v) is 13.2. The van der Waals surface area contributed by atoms with E-state index in [0.29, 0.717) is 21.3 Å². The quantitative estimate of drug-likeness (QED) is 0.140. The van der Waals surface area contributed by atoms with Crippen LogP contribution in [-0.4, -0.2) is 72.6 Å². The highest BCUT2D eigenvalue weighted by atomic mass is 35.5. The van der Waals surface area contributed by atoms with Crippen LogP contribution >= 0.6 is 23.4 Å². The number of hydrogen-bond donors (Lipinski definition) is 2. The Labute approximate surface area is 236 Å². The molecule has 4 aromatic rings. The number of halogens is 4. The molecule has 3 heterocycles. The number of aliphatic hydroxyl groups excluding tert-OH is 2. The number of ether oxygens (including phenoxy) is 2. The summed E-state index contributed by atoms with van der Waals surface area (Å²) in [7, 11) is 1.44. The standard InChI is InChI=1S/C26H25ClF3N5O4S/c1-14(37)22(13-36)39-26(40-23-9-16(27)10-32-25(23)19-5-3-4-6-31-19)21(38-2)12-35-11-20(33-34-35)15-7-17(28)24(30)18(29)8-15/h3-11,14,21-22,26,36-37H,12-13H2,1-2H3/t14-,21+,22?,26?/m1/s1. The molecule has 4 rings (SSSR count). The van der Waals surface area contributed by atoms with Gasteiger partial charge in [0, 0.05) is 30.0 Å². The van der Waals surface area contributed by atoms with Crippen LogP contribution in [0.2, 0.25) is 5.02 Å². The van der Waals surface area contributed by atoms with Crippen LogP contribution in [-0.2, 0) is 16.0 Å². The maximum atomic E-state index is 13.7. The van der Waals surface area contributed by atoms with E-state index < -0.39 is 47.8 Å². The Balaban J connectivity index is 1.65. The van der Waals surface area contributed by atoms with Gasteiger partial charge in [-0.25, -0.2) is 17.9 Å². The first kappa shape index (κ1) is 29.9. The van der Waals surface area contributed by atoms with Gasteiger partial charge >= 0.3 is 0 Å². The summed E-state index contributed by atoms with van der Waals surface area (Å²) in [5.74, 6) is -4.28. The number of thioether (sulfide) groups is 1. The summed E-state index contributed by atoms with van der Waals surface area (Å²) in [5, 5.41) is 28.3. The molecule has 4 atom stereocenters. The Morgan fingerprint density at radius 3 is 2.45 bits per heavy atom. The monoisotopic (exact) mass is 595 g/mol. The first-order valence-electron chi connectivity index (χ1n) is 12.0. The lowest BCUT2D eigenvalue weighted by atomic mass is 10.1.